The van der Waals surface area contributed by atoms with Crippen molar-refractivity contribution in [3.8, 4) is 17.6 Å². The van der Waals surface area contributed by atoms with Crippen LogP contribution in [0.3, 0.4) is 0 Å². The van der Waals surface area contributed by atoms with E-state index in [0.29, 0.717) is 30.2 Å². The molecule has 0 atom stereocenters. The Bertz CT molecular complexity index is 379. The number of rotatable bonds is 3. The highest BCUT2D eigenvalue weighted by atomic mass is 35.5. The first-order valence-electron chi connectivity index (χ1n) is 4.75. The van der Waals surface area contributed by atoms with Gasteiger partial charge in [-0.1, -0.05) is 11.8 Å². The maximum absolute atomic E-state index is 13.4. The van der Waals surface area contributed by atoms with E-state index in [-0.39, 0.29) is 5.82 Å². The molecule has 1 nitrogen and oxygen atoms in total. The van der Waals surface area contributed by atoms with Gasteiger partial charge in [0.05, 0.1) is 12.2 Å². The van der Waals surface area contributed by atoms with Crippen molar-refractivity contribution in [3.63, 3.8) is 0 Å². The van der Waals surface area contributed by atoms with Crippen molar-refractivity contribution < 1.29 is 9.13 Å². The van der Waals surface area contributed by atoms with Gasteiger partial charge in [-0.05, 0) is 19.1 Å². The van der Waals surface area contributed by atoms with Crippen LogP contribution in [-0.4, -0.2) is 12.5 Å². The fourth-order valence-corrected chi connectivity index (χ4v) is 1.15. The second kappa shape index (κ2) is 6.31. The monoisotopic (exact) mass is 226 g/mol. The van der Waals surface area contributed by atoms with Crippen molar-refractivity contribution in [2.45, 2.75) is 13.3 Å². The Kier molecular flexibility index (Phi) is 5.00. The lowest BCUT2D eigenvalue weighted by atomic mass is 10.2. The van der Waals surface area contributed by atoms with Gasteiger partial charge in [-0.15, -0.1) is 11.6 Å². The average Bonchev–Trinajstić information content (AvgIpc) is 2.22. The zero-order valence-electron chi connectivity index (χ0n) is 8.52. The Balaban J connectivity index is 2.80. The van der Waals surface area contributed by atoms with E-state index in [2.05, 4.69) is 11.8 Å². The molecule has 0 bridgehead atoms. The molecule has 0 saturated carbocycles. The summed E-state index contributed by atoms with van der Waals surface area (Å²) in [4.78, 5) is 0. The molecule has 0 unspecified atom stereocenters. The minimum absolute atomic E-state index is 0.358. The van der Waals surface area contributed by atoms with Gasteiger partial charge in [0.2, 0.25) is 0 Å². The van der Waals surface area contributed by atoms with Crippen LogP contribution in [0, 0.1) is 17.7 Å². The van der Waals surface area contributed by atoms with Crippen LogP contribution in [0.1, 0.15) is 18.9 Å². The third-order valence-corrected chi connectivity index (χ3v) is 1.88. The van der Waals surface area contributed by atoms with Crippen LogP contribution in [0.15, 0.2) is 18.2 Å². The molecule has 0 fully saturated rings. The summed E-state index contributed by atoms with van der Waals surface area (Å²) in [6.07, 6.45) is 0.564. The summed E-state index contributed by atoms with van der Waals surface area (Å²) >= 11 is 5.46. The Hall–Kier alpha value is -1.20. The molecule has 0 aliphatic carbocycles. The molecule has 1 aromatic carbocycles. The van der Waals surface area contributed by atoms with Gasteiger partial charge >= 0.3 is 0 Å². The van der Waals surface area contributed by atoms with Crippen LogP contribution in [0.5, 0.6) is 5.75 Å². The number of halogens is 2. The summed E-state index contributed by atoms with van der Waals surface area (Å²) in [5, 5.41) is 0. The topological polar surface area (TPSA) is 9.23 Å². The molecule has 0 spiro atoms. The highest BCUT2D eigenvalue weighted by molar-refractivity contribution is 6.18. The normalized spacial score (nSPS) is 9.27. The lowest BCUT2D eigenvalue weighted by Crippen LogP contribution is -1.93. The fraction of sp³-hybridized carbons (Fsp3) is 0.333. The minimum Gasteiger partial charge on any atom is -0.494 e. The van der Waals surface area contributed by atoms with Gasteiger partial charge in [-0.2, -0.15) is 0 Å². The first kappa shape index (κ1) is 11.9. The second-order valence-corrected chi connectivity index (χ2v) is 3.19. The summed E-state index contributed by atoms with van der Waals surface area (Å²) in [6.45, 7) is 2.38. The summed E-state index contributed by atoms with van der Waals surface area (Å²) in [5.41, 5.74) is 0.378. The average molecular weight is 227 g/mol. The van der Waals surface area contributed by atoms with E-state index in [1.54, 1.807) is 12.1 Å². The zero-order valence-corrected chi connectivity index (χ0v) is 9.27. The molecule has 0 aromatic heterocycles. The lowest BCUT2D eigenvalue weighted by Gasteiger charge is -2.02. The maximum atomic E-state index is 13.4. The molecule has 15 heavy (non-hydrogen) atoms. The van der Waals surface area contributed by atoms with E-state index >= 15 is 0 Å². The van der Waals surface area contributed by atoms with Crippen LogP contribution < -0.4 is 4.74 Å². The predicted octanol–water partition coefficient (Wildman–Crippen LogP) is 3.20. The smallest absolute Gasteiger partial charge is 0.142 e. The van der Waals surface area contributed by atoms with E-state index in [9.17, 15) is 4.39 Å². The van der Waals surface area contributed by atoms with Gasteiger partial charge in [0, 0.05) is 18.4 Å². The fourth-order valence-electron chi connectivity index (χ4n) is 1.06. The first-order valence-corrected chi connectivity index (χ1v) is 5.28. The maximum Gasteiger partial charge on any atom is 0.142 e. The van der Waals surface area contributed by atoms with Crippen molar-refractivity contribution in [1.29, 1.82) is 0 Å². The lowest BCUT2D eigenvalue weighted by molar-refractivity contribution is 0.338. The highest BCUT2D eigenvalue weighted by Crippen LogP contribution is 2.15. The van der Waals surface area contributed by atoms with Gasteiger partial charge in [0.15, 0.2) is 0 Å². The van der Waals surface area contributed by atoms with Crippen LogP contribution in [0.25, 0.3) is 0 Å². The summed E-state index contributed by atoms with van der Waals surface area (Å²) < 4.78 is 18.5. The molecule has 3 heteroatoms. The van der Waals surface area contributed by atoms with E-state index in [1.165, 1.54) is 6.07 Å². The van der Waals surface area contributed by atoms with Crippen molar-refractivity contribution >= 4 is 11.6 Å². The Morgan fingerprint density at radius 3 is 2.87 bits per heavy atom. The van der Waals surface area contributed by atoms with Crippen LogP contribution in [-0.2, 0) is 0 Å². The van der Waals surface area contributed by atoms with Gasteiger partial charge in [-0.25, -0.2) is 4.39 Å². The van der Waals surface area contributed by atoms with Crippen LogP contribution >= 0.6 is 11.6 Å². The van der Waals surface area contributed by atoms with Gasteiger partial charge in [0.1, 0.15) is 11.6 Å². The molecule has 0 amide bonds. The molecular weight excluding hydrogens is 215 g/mol. The van der Waals surface area contributed by atoms with Crippen molar-refractivity contribution in [3.05, 3.63) is 29.6 Å². The Labute approximate surface area is 94.2 Å². The van der Waals surface area contributed by atoms with E-state index < -0.39 is 0 Å². The quantitative estimate of drug-likeness (QED) is 0.568. The molecule has 0 radical (unpaired) electrons. The molecule has 0 heterocycles. The molecule has 80 valence electrons. The summed E-state index contributed by atoms with van der Waals surface area (Å²) in [7, 11) is 0. The number of alkyl halides is 1. The van der Waals surface area contributed by atoms with E-state index in [4.69, 9.17) is 16.3 Å². The Morgan fingerprint density at radius 1 is 1.47 bits per heavy atom. The van der Waals surface area contributed by atoms with Crippen LogP contribution in [0.2, 0.25) is 0 Å². The zero-order chi connectivity index (χ0) is 11.1. The molecule has 1 aromatic rings. The molecule has 0 saturated heterocycles. The van der Waals surface area contributed by atoms with Crippen molar-refractivity contribution in [1.82, 2.24) is 0 Å². The molecular formula is C12H12ClFO. The van der Waals surface area contributed by atoms with E-state index in [1.807, 2.05) is 6.92 Å². The molecule has 0 aliphatic rings. The van der Waals surface area contributed by atoms with Crippen LogP contribution in [0.4, 0.5) is 4.39 Å². The highest BCUT2D eigenvalue weighted by Gasteiger charge is 2.00. The van der Waals surface area contributed by atoms with Crippen molar-refractivity contribution in [2.24, 2.45) is 0 Å². The molecule has 1 rings (SSSR count). The molecule has 0 N–H and O–H groups in total. The van der Waals surface area contributed by atoms with Crippen molar-refractivity contribution in [2.75, 3.05) is 12.5 Å². The number of hydrogen-bond donors (Lipinski definition) is 0. The predicted molar refractivity (Wildman–Crippen MR) is 59.8 cm³/mol. The van der Waals surface area contributed by atoms with Gasteiger partial charge in [0.25, 0.3) is 0 Å². The number of ether oxygens (including phenoxy) is 1. The summed E-state index contributed by atoms with van der Waals surface area (Å²) in [6, 6.07) is 4.66. The first-order chi connectivity index (χ1) is 7.27. The van der Waals surface area contributed by atoms with E-state index in [0.717, 1.165) is 0 Å². The second-order valence-electron chi connectivity index (χ2n) is 2.82. The standard InChI is InChI=1S/C12H12ClFO/c1-2-15-11-7-6-10(12(14)9-11)5-3-4-8-13/h6-7,9H,2,4,8H2,1H3. The third-order valence-electron chi connectivity index (χ3n) is 1.69. The molecule has 0 aliphatic heterocycles. The largest absolute Gasteiger partial charge is 0.494 e. The number of hydrogen-bond acceptors (Lipinski definition) is 1. The SMILES string of the molecule is CCOc1ccc(C#CCCCl)c(F)c1. The van der Waals surface area contributed by atoms with Gasteiger partial charge in [-0.3, -0.25) is 0 Å². The minimum atomic E-state index is -0.358. The third kappa shape index (κ3) is 3.81. The Morgan fingerprint density at radius 2 is 2.27 bits per heavy atom. The summed E-state index contributed by atoms with van der Waals surface area (Å²) in [5.74, 6) is 6.13. The van der Waals surface area contributed by atoms with Gasteiger partial charge < -0.3 is 4.74 Å². The number of benzene rings is 1.